The highest BCUT2D eigenvalue weighted by molar-refractivity contribution is 7.18. The van der Waals surface area contributed by atoms with Gasteiger partial charge in [-0.3, -0.25) is 0 Å². The number of hydrogen-bond donors (Lipinski definition) is 2. The summed E-state index contributed by atoms with van der Waals surface area (Å²) in [7, 11) is 1.39. The normalized spacial score (nSPS) is 14.1. The van der Waals surface area contributed by atoms with Crippen molar-refractivity contribution in [1.82, 2.24) is 0 Å². The number of hydrogen-bond acceptors (Lipinski definition) is 6. The number of carbonyl (C=O) groups is 1. The highest BCUT2D eigenvalue weighted by Crippen LogP contribution is 2.50. The van der Waals surface area contributed by atoms with Gasteiger partial charge in [-0.25, -0.2) is 4.79 Å². The first kappa shape index (κ1) is 14.4. The third-order valence-corrected chi connectivity index (χ3v) is 5.67. The maximum atomic E-state index is 11.8. The van der Waals surface area contributed by atoms with Crippen molar-refractivity contribution in [1.29, 1.82) is 0 Å². The number of ether oxygens (including phenoxy) is 1. The lowest BCUT2D eigenvalue weighted by Gasteiger charge is -2.06. The molecule has 1 aliphatic rings. The molecular weight excluding hydrogens is 304 g/mol. The Hall–Kier alpha value is -1.53. The van der Waals surface area contributed by atoms with Gasteiger partial charge in [-0.05, 0) is 36.6 Å². The summed E-state index contributed by atoms with van der Waals surface area (Å²) in [5, 5.41) is 6.57. The molecule has 2 aromatic heterocycles. The molecule has 2 aromatic rings. The van der Waals surface area contributed by atoms with Gasteiger partial charge in [0.15, 0.2) is 0 Å². The fourth-order valence-electron chi connectivity index (χ4n) is 2.36. The smallest absolute Gasteiger partial charge is 0.350 e. The second-order valence-corrected chi connectivity index (χ2v) is 7.16. The van der Waals surface area contributed by atoms with Gasteiger partial charge in [0.1, 0.15) is 4.88 Å². The molecular formula is C15H18N2O2S2. The molecule has 2 heterocycles. The van der Waals surface area contributed by atoms with Gasteiger partial charge in [0.2, 0.25) is 0 Å². The zero-order valence-corrected chi connectivity index (χ0v) is 13.5. The lowest BCUT2D eigenvalue weighted by Crippen LogP contribution is -2.04. The lowest BCUT2D eigenvalue weighted by atomic mass is 10.1. The zero-order valence-electron chi connectivity index (χ0n) is 11.8. The van der Waals surface area contributed by atoms with Crippen LogP contribution < -0.4 is 11.1 Å². The Balaban J connectivity index is 1.75. The number of thiophene rings is 2. The van der Waals surface area contributed by atoms with Gasteiger partial charge in [0, 0.05) is 17.0 Å². The fourth-order valence-corrected chi connectivity index (χ4v) is 4.22. The summed E-state index contributed by atoms with van der Waals surface area (Å²) in [6.45, 7) is 0.848. The monoisotopic (exact) mass is 322 g/mol. The van der Waals surface area contributed by atoms with Crippen LogP contribution in [0.4, 0.5) is 10.7 Å². The lowest BCUT2D eigenvalue weighted by molar-refractivity contribution is 0.0607. The van der Waals surface area contributed by atoms with Crippen molar-refractivity contribution < 1.29 is 9.53 Å². The second kappa shape index (κ2) is 6.07. The van der Waals surface area contributed by atoms with Gasteiger partial charge in [-0.1, -0.05) is 6.07 Å². The first-order valence-corrected chi connectivity index (χ1v) is 8.67. The molecule has 0 atom stereocenters. The molecule has 0 saturated heterocycles. The summed E-state index contributed by atoms with van der Waals surface area (Å²) >= 11 is 3.18. The standard InChI is InChI=1S/C15H18N2O2S2/c1-19-15(18)13-12(16)11(9-4-5-9)14(21-13)17-7-6-10-3-2-8-20-10/h2-3,8-9,17H,4-7,16H2,1H3. The molecule has 1 aliphatic carbocycles. The Bertz CT molecular complexity index is 630. The number of nitrogens with one attached hydrogen (secondary N) is 1. The molecule has 21 heavy (non-hydrogen) atoms. The molecule has 4 nitrogen and oxygen atoms in total. The van der Waals surface area contributed by atoms with Crippen LogP contribution in [0.25, 0.3) is 0 Å². The minimum absolute atomic E-state index is 0.342. The van der Waals surface area contributed by atoms with Gasteiger partial charge < -0.3 is 15.8 Å². The van der Waals surface area contributed by atoms with Crippen LogP contribution in [0.1, 0.15) is 38.9 Å². The topological polar surface area (TPSA) is 64.3 Å². The van der Waals surface area contributed by atoms with Crippen LogP contribution in [0.5, 0.6) is 0 Å². The fraction of sp³-hybridized carbons (Fsp3) is 0.400. The molecule has 6 heteroatoms. The quantitative estimate of drug-likeness (QED) is 0.796. The predicted octanol–water partition coefficient (Wildman–Crippen LogP) is 3.71. The van der Waals surface area contributed by atoms with Crippen molar-refractivity contribution in [3.63, 3.8) is 0 Å². The molecule has 1 fully saturated rings. The average Bonchev–Trinajstić information content (AvgIpc) is 3.07. The molecule has 0 amide bonds. The summed E-state index contributed by atoms with van der Waals surface area (Å²) in [5.41, 5.74) is 7.88. The van der Waals surface area contributed by atoms with Crippen molar-refractivity contribution >= 4 is 39.3 Å². The first-order chi connectivity index (χ1) is 10.2. The molecule has 3 rings (SSSR count). The Morgan fingerprint density at radius 2 is 2.33 bits per heavy atom. The number of methoxy groups -OCH3 is 1. The van der Waals surface area contributed by atoms with E-state index in [0.717, 1.165) is 36.4 Å². The van der Waals surface area contributed by atoms with E-state index in [1.165, 1.54) is 23.3 Å². The van der Waals surface area contributed by atoms with Crippen molar-refractivity contribution in [2.75, 3.05) is 24.7 Å². The Morgan fingerprint density at radius 1 is 1.52 bits per heavy atom. The van der Waals surface area contributed by atoms with Gasteiger partial charge >= 0.3 is 5.97 Å². The second-order valence-electron chi connectivity index (χ2n) is 5.11. The van der Waals surface area contributed by atoms with E-state index in [4.69, 9.17) is 10.5 Å². The maximum absolute atomic E-state index is 11.8. The van der Waals surface area contributed by atoms with Gasteiger partial charge in [0.25, 0.3) is 0 Å². The van der Waals surface area contributed by atoms with Crippen molar-refractivity contribution in [3.05, 3.63) is 32.8 Å². The molecule has 0 spiro atoms. The average molecular weight is 322 g/mol. The summed E-state index contributed by atoms with van der Waals surface area (Å²) in [5.74, 6) is 0.162. The molecule has 0 bridgehead atoms. The summed E-state index contributed by atoms with van der Waals surface area (Å²) in [6.07, 6.45) is 3.29. The van der Waals surface area contributed by atoms with Gasteiger partial charge in [-0.15, -0.1) is 22.7 Å². The Labute approximate surface area is 131 Å². The molecule has 112 valence electrons. The first-order valence-electron chi connectivity index (χ1n) is 6.97. The van der Waals surface area contributed by atoms with Crippen LogP contribution in [0.3, 0.4) is 0 Å². The number of esters is 1. The number of anilines is 2. The number of nitrogen functional groups attached to an aromatic ring is 1. The number of nitrogens with two attached hydrogens (primary N) is 1. The number of rotatable bonds is 6. The van der Waals surface area contributed by atoms with Crippen molar-refractivity contribution in [3.8, 4) is 0 Å². The van der Waals surface area contributed by atoms with E-state index in [1.54, 1.807) is 11.3 Å². The minimum atomic E-state index is -0.342. The molecule has 0 radical (unpaired) electrons. The molecule has 0 unspecified atom stereocenters. The van der Waals surface area contributed by atoms with Gasteiger partial charge in [0.05, 0.1) is 17.8 Å². The SMILES string of the molecule is COC(=O)c1sc(NCCc2cccs2)c(C2CC2)c1N. The summed E-state index contributed by atoms with van der Waals surface area (Å²) < 4.78 is 4.81. The maximum Gasteiger partial charge on any atom is 0.350 e. The largest absolute Gasteiger partial charge is 0.465 e. The van der Waals surface area contributed by atoms with E-state index in [0.29, 0.717) is 16.5 Å². The van der Waals surface area contributed by atoms with Crippen LogP contribution in [-0.2, 0) is 11.2 Å². The van der Waals surface area contributed by atoms with Crippen LogP contribution in [0.2, 0.25) is 0 Å². The summed E-state index contributed by atoms with van der Waals surface area (Å²) in [6, 6.07) is 4.20. The Kier molecular flexibility index (Phi) is 4.17. The van der Waals surface area contributed by atoms with Gasteiger partial charge in [-0.2, -0.15) is 0 Å². The predicted molar refractivity (Wildman–Crippen MR) is 88.6 cm³/mol. The Morgan fingerprint density at radius 3 is 2.95 bits per heavy atom. The molecule has 3 N–H and O–H groups in total. The molecule has 1 saturated carbocycles. The van der Waals surface area contributed by atoms with Crippen LogP contribution >= 0.6 is 22.7 Å². The summed E-state index contributed by atoms with van der Waals surface area (Å²) in [4.78, 5) is 13.7. The van der Waals surface area contributed by atoms with Crippen LogP contribution in [0, 0.1) is 0 Å². The van der Waals surface area contributed by atoms with Crippen molar-refractivity contribution in [2.24, 2.45) is 0 Å². The minimum Gasteiger partial charge on any atom is -0.465 e. The van der Waals surface area contributed by atoms with E-state index in [-0.39, 0.29) is 5.97 Å². The van der Waals surface area contributed by atoms with Crippen LogP contribution in [0.15, 0.2) is 17.5 Å². The van der Waals surface area contributed by atoms with Crippen molar-refractivity contribution in [2.45, 2.75) is 25.2 Å². The van der Waals surface area contributed by atoms with E-state index in [1.807, 2.05) is 0 Å². The molecule has 0 aromatic carbocycles. The van der Waals surface area contributed by atoms with E-state index < -0.39 is 0 Å². The number of carbonyl (C=O) groups excluding carboxylic acids is 1. The van der Waals surface area contributed by atoms with E-state index in [9.17, 15) is 4.79 Å². The van der Waals surface area contributed by atoms with Crippen LogP contribution in [-0.4, -0.2) is 19.6 Å². The zero-order chi connectivity index (χ0) is 14.8. The highest BCUT2D eigenvalue weighted by Gasteiger charge is 2.33. The third kappa shape index (κ3) is 3.06. The molecule has 0 aliphatic heterocycles. The highest BCUT2D eigenvalue weighted by atomic mass is 32.1. The third-order valence-electron chi connectivity index (χ3n) is 3.58. The van der Waals surface area contributed by atoms with E-state index >= 15 is 0 Å². The van der Waals surface area contributed by atoms with E-state index in [2.05, 4.69) is 22.8 Å².